The molecule has 0 unspecified atom stereocenters. The van der Waals surface area contributed by atoms with Crippen LogP contribution in [0.4, 0.5) is 0 Å². The van der Waals surface area contributed by atoms with Gasteiger partial charge >= 0.3 is 0 Å². The quantitative estimate of drug-likeness (QED) is 0.860. The summed E-state index contributed by atoms with van der Waals surface area (Å²) < 4.78 is 0. The van der Waals surface area contributed by atoms with Gasteiger partial charge in [0.1, 0.15) is 5.69 Å². The van der Waals surface area contributed by atoms with Crippen molar-refractivity contribution < 1.29 is 4.79 Å². The van der Waals surface area contributed by atoms with Gasteiger partial charge in [-0.15, -0.1) is 10.2 Å². The average molecular weight is 253 g/mol. The molecule has 7 nitrogen and oxygen atoms in total. The minimum Gasteiger partial charge on any atom is -0.333 e. The molecule has 0 saturated heterocycles. The summed E-state index contributed by atoms with van der Waals surface area (Å²) in [5.41, 5.74) is 0.320. The number of H-pyrrole nitrogens is 1. The van der Waals surface area contributed by atoms with E-state index in [2.05, 4.69) is 25.6 Å². The third-order valence-corrected chi connectivity index (χ3v) is 2.28. The van der Waals surface area contributed by atoms with E-state index in [1.165, 1.54) is 11.1 Å². The Morgan fingerprint density at radius 1 is 1.53 bits per heavy atom. The van der Waals surface area contributed by atoms with Gasteiger partial charge in [-0.25, -0.2) is 4.98 Å². The van der Waals surface area contributed by atoms with Gasteiger partial charge in [-0.05, 0) is 12.1 Å². The van der Waals surface area contributed by atoms with Crippen LogP contribution in [0, 0.1) is 0 Å². The first kappa shape index (κ1) is 11.5. The third-order valence-electron chi connectivity index (χ3n) is 2.06. The van der Waals surface area contributed by atoms with Crippen LogP contribution in [0.5, 0.6) is 0 Å². The molecule has 0 radical (unpaired) electrons. The number of tetrazole rings is 1. The molecular weight excluding hydrogens is 244 g/mol. The number of nitrogens with one attached hydrogen (secondary N) is 1. The van der Waals surface area contributed by atoms with Crippen LogP contribution in [0.15, 0.2) is 18.3 Å². The molecule has 0 spiro atoms. The molecule has 2 aromatic heterocycles. The van der Waals surface area contributed by atoms with Crippen molar-refractivity contribution in [1.29, 1.82) is 0 Å². The lowest BCUT2D eigenvalue weighted by Gasteiger charge is -2.13. The first-order valence-corrected chi connectivity index (χ1v) is 5.14. The van der Waals surface area contributed by atoms with Crippen LogP contribution in [0.1, 0.15) is 16.3 Å². The summed E-state index contributed by atoms with van der Waals surface area (Å²) in [7, 11) is 1.63. The molecule has 0 aromatic carbocycles. The van der Waals surface area contributed by atoms with Gasteiger partial charge in [0.25, 0.3) is 5.91 Å². The molecule has 2 rings (SSSR count). The number of pyridine rings is 1. The van der Waals surface area contributed by atoms with Crippen LogP contribution in [-0.2, 0) is 6.54 Å². The maximum Gasteiger partial charge on any atom is 0.272 e. The second-order valence-electron chi connectivity index (χ2n) is 3.35. The number of hydrogen-bond acceptors (Lipinski definition) is 5. The summed E-state index contributed by atoms with van der Waals surface area (Å²) >= 11 is 5.69. The van der Waals surface area contributed by atoms with E-state index in [-0.39, 0.29) is 12.5 Å². The molecule has 88 valence electrons. The van der Waals surface area contributed by atoms with E-state index in [1.54, 1.807) is 19.2 Å². The monoisotopic (exact) mass is 252 g/mol. The number of amides is 1. The number of carbonyl (C=O) groups excluding carboxylic acids is 1. The maximum atomic E-state index is 11.9. The molecule has 0 bridgehead atoms. The number of halogens is 1. The van der Waals surface area contributed by atoms with Crippen molar-refractivity contribution in [3.05, 3.63) is 34.9 Å². The molecule has 0 aliphatic carbocycles. The molecule has 1 N–H and O–H groups in total. The summed E-state index contributed by atoms with van der Waals surface area (Å²) in [5, 5.41) is 13.7. The summed E-state index contributed by atoms with van der Waals surface area (Å²) in [6, 6.07) is 3.18. The van der Waals surface area contributed by atoms with Gasteiger partial charge in [0.15, 0.2) is 5.82 Å². The Morgan fingerprint density at radius 3 is 2.94 bits per heavy atom. The predicted octanol–water partition coefficient (Wildman–Crippen LogP) is 0.520. The number of hydrogen-bond donors (Lipinski definition) is 1. The Balaban J connectivity index is 2.07. The maximum absolute atomic E-state index is 11.9. The molecule has 0 aliphatic rings. The van der Waals surface area contributed by atoms with Crippen molar-refractivity contribution in [1.82, 2.24) is 30.5 Å². The second kappa shape index (κ2) is 4.88. The normalized spacial score (nSPS) is 10.2. The van der Waals surface area contributed by atoms with Gasteiger partial charge in [0, 0.05) is 13.2 Å². The number of aromatic nitrogens is 5. The van der Waals surface area contributed by atoms with Crippen LogP contribution in [-0.4, -0.2) is 43.5 Å². The summed E-state index contributed by atoms with van der Waals surface area (Å²) in [4.78, 5) is 17.3. The van der Waals surface area contributed by atoms with Gasteiger partial charge in [0.05, 0.1) is 11.6 Å². The van der Waals surface area contributed by atoms with E-state index in [0.29, 0.717) is 16.5 Å². The predicted molar refractivity (Wildman–Crippen MR) is 59.2 cm³/mol. The number of carbonyl (C=O) groups is 1. The fraction of sp³-hybridized carbons (Fsp3) is 0.222. The first-order valence-electron chi connectivity index (χ1n) is 4.76. The number of aromatic amines is 1. The molecule has 2 heterocycles. The van der Waals surface area contributed by atoms with Gasteiger partial charge in [-0.1, -0.05) is 16.8 Å². The largest absolute Gasteiger partial charge is 0.333 e. The van der Waals surface area contributed by atoms with Gasteiger partial charge in [-0.2, -0.15) is 5.21 Å². The van der Waals surface area contributed by atoms with Crippen molar-refractivity contribution in [3.8, 4) is 0 Å². The standard InChI is InChI=1S/C9H9ClN6O/c1-16(5-8-12-14-15-13-8)9(17)7-3-2-6(10)4-11-7/h2-4H,5H2,1H3,(H,12,13,14,15). The van der Waals surface area contributed by atoms with Crippen LogP contribution >= 0.6 is 11.6 Å². The SMILES string of the molecule is CN(Cc1nn[nH]n1)C(=O)c1ccc(Cl)cn1. The minimum absolute atomic E-state index is 0.230. The zero-order chi connectivity index (χ0) is 12.3. The first-order chi connectivity index (χ1) is 8.16. The molecule has 1 amide bonds. The van der Waals surface area contributed by atoms with Gasteiger partial charge in [-0.3, -0.25) is 4.79 Å². The smallest absolute Gasteiger partial charge is 0.272 e. The Labute approximate surface area is 102 Å². The van der Waals surface area contributed by atoms with E-state index < -0.39 is 0 Å². The Hall–Kier alpha value is -2.02. The lowest BCUT2D eigenvalue weighted by molar-refractivity contribution is 0.0776. The van der Waals surface area contributed by atoms with Crippen molar-refractivity contribution in [2.24, 2.45) is 0 Å². The highest BCUT2D eigenvalue weighted by Gasteiger charge is 2.14. The summed E-state index contributed by atoms with van der Waals surface area (Å²) in [6.45, 7) is 0.264. The zero-order valence-corrected chi connectivity index (χ0v) is 9.72. The van der Waals surface area contributed by atoms with E-state index in [9.17, 15) is 4.79 Å². The second-order valence-corrected chi connectivity index (χ2v) is 3.79. The lowest BCUT2D eigenvalue weighted by Crippen LogP contribution is -2.27. The number of rotatable bonds is 3. The van der Waals surface area contributed by atoms with Crippen molar-refractivity contribution in [2.45, 2.75) is 6.54 Å². The van der Waals surface area contributed by atoms with E-state index in [1.807, 2.05) is 0 Å². The van der Waals surface area contributed by atoms with Crippen molar-refractivity contribution in [2.75, 3.05) is 7.05 Å². The van der Waals surface area contributed by atoms with Crippen molar-refractivity contribution >= 4 is 17.5 Å². The average Bonchev–Trinajstić information content (AvgIpc) is 2.82. The zero-order valence-electron chi connectivity index (χ0n) is 8.96. The van der Waals surface area contributed by atoms with Gasteiger partial charge in [0.2, 0.25) is 0 Å². The van der Waals surface area contributed by atoms with Crippen LogP contribution in [0.25, 0.3) is 0 Å². The van der Waals surface area contributed by atoms with Crippen molar-refractivity contribution in [3.63, 3.8) is 0 Å². The molecule has 0 fully saturated rings. The highest BCUT2D eigenvalue weighted by Crippen LogP contribution is 2.08. The molecule has 0 aliphatic heterocycles. The summed E-state index contributed by atoms with van der Waals surface area (Å²) in [6.07, 6.45) is 1.43. The third kappa shape index (κ3) is 2.76. The molecular formula is C9H9ClN6O. The van der Waals surface area contributed by atoms with E-state index in [0.717, 1.165) is 0 Å². The van der Waals surface area contributed by atoms with Gasteiger partial charge < -0.3 is 4.90 Å². The lowest BCUT2D eigenvalue weighted by atomic mass is 10.3. The molecule has 2 aromatic rings. The van der Waals surface area contributed by atoms with E-state index in [4.69, 9.17) is 11.6 Å². The highest BCUT2D eigenvalue weighted by molar-refractivity contribution is 6.30. The molecule has 0 saturated carbocycles. The summed E-state index contributed by atoms with van der Waals surface area (Å²) in [5.74, 6) is 0.210. The van der Waals surface area contributed by atoms with Crippen LogP contribution in [0.3, 0.4) is 0 Å². The Bertz CT molecular complexity index is 497. The minimum atomic E-state index is -0.230. The van der Waals surface area contributed by atoms with Crippen LogP contribution < -0.4 is 0 Å². The Kier molecular flexibility index (Phi) is 3.29. The highest BCUT2D eigenvalue weighted by atomic mass is 35.5. The van der Waals surface area contributed by atoms with Crippen LogP contribution in [0.2, 0.25) is 5.02 Å². The molecule has 0 atom stereocenters. The Morgan fingerprint density at radius 2 is 2.35 bits per heavy atom. The fourth-order valence-corrected chi connectivity index (χ4v) is 1.34. The topological polar surface area (TPSA) is 87.7 Å². The molecule has 8 heteroatoms. The van der Waals surface area contributed by atoms with E-state index >= 15 is 0 Å². The molecule has 17 heavy (non-hydrogen) atoms. The number of nitrogens with zero attached hydrogens (tertiary/aromatic N) is 5. The fourth-order valence-electron chi connectivity index (χ4n) is 1.23.